The average Bonchev–Trinajstić information content (AvgIpc) is 2.60. The van der Waals surface area contributed by atoms with Crippen LogP contribution in [0, 0.1) is 12.8 Å². The molecule has 0 spiro atoms. The van der Waals surface area contributed by atoms with Crippen LogP contribution in [0.1, 0.15) is 32.4 Å². The van der Waals surface area contributed by atoms with Gasteiger partial charge in [0.25, 0.3) is 0 Å². The summed E-state index contributed by atoms with van der Waals surface area (Å²) < 4.78 is 10.9. The summed E-state index contributed by atoms with van der Waals surface area (Å²) in [6.45, 7) is 8.91. The molecule has 1 aromatic rings. The number of hydrogen-bond donors (Lipinski definition) is 1. The van der Waals surface area contributed by atoms with Gasteiger partial charge in [0.2, 0.25) is 5.91 Å². The molecule has 1 aromatic heterocycles. The Bertz CT molecular complexity index is 495. The Hall–Kier alpha value is -1.73. The van der Waals surface area contributed by atoms with E-state index in [-0.39, 0.29) is 18.1 Å². The van der Waals surface area contributed by atoms with Gasteiger partial charge in [-0.05, 0) is 45.7 Å². The van der Waals surface area contributed by atoms with Crippen molar-refractivity contribution >= 4 is 11.7 Å². The van der Waals surface area contributed by atoms with Gasteiger partial charge in [-0.1, -0.05) is 0 Å². The molecule has 0 saturated carbocycles. The monoisotopic (exact) mass is 336 g/mol. The Morgan fingerprint density at radius 2 is 1.92 bits per heavy atom. The van der Waals surface area contributed by atoms with E-state index in [9.17, 15) is 4.79 Å². The number of hydrogen-bond acceptors (Lipinski definition) is 6. The van der Waals surface area contributed by atoms with E-state index >= 15 is 0 Å². The van der Waals surface area contributed by atoms with Gasteiger partial charge < -0.3 is 19.7 Å². The van der Waals surface area contributed by atoms with Gasteiger partial charge in [-0.25, -0.2) is 0 Å². The number of nitrogens with one attached hydrogen (secondary N) is 1. The standard InChI is InChI=1S/C17H28N4O3/c1-4-23-16(24-5-2)12-18-17(22)14-8-10-21(11-9-14)15-7-6-13(3)19-20-15/h6-7,14,16H,4-5,8-12H2,1-3H3,(H,18,22). The van der Waals surface area contributed by atoms with E-state index < -0.39 is 0 Å². The van der Waals surface area contributed by atoms with Gasteiger partial charge >= 0.3 is 0 Å². The van der Waals surface area contributed by atoms with Crippen LogP contribution < -0.4 is 10.2 Å². The third kappa shape index (κ3) is 5.42. The maximum atomic E-state index is 12.3. The van der Waals surface area contributed by atoms with Crippen molar-refractivity contribution in [3.63, 3.8) is 0 Å². The highest BCUT2D eigenvalue weighted by atomic mass is 16.7. The number of piperidine rings is 1. The minimum Gasteiger partial charge on any atom is -0.355 e. The van der Waals surface area contributed by atoms with Crippen LogP contribution in [0.3, 0.4) is 0 Å². The van der Waals surface area contributed by atoms with Crippen molar-refractivity contribution in [2.24, 2.45) is 5.92 Å². The Balaban J connectivity index is 1.76. The van der Waals surface area contributed by atoms with E-state index in [1.54, 1.807) is 0 Å². The van der Waals surface area contributed by atoms with Gasteiger partial charge in [0.15, 0.2) is 12.1 Å². The third-order valence-corrected chi connectivity index (χ3v) is 4.12. The predicted molar refractivity (Wildman–Crippen MR) is 91.8 cm³/mol. The normalized spacial score (nSPS) is 15.8. The summed E-state index contributed by atoms with van der Waals surface area (Å²) in [6, 6.07) is 3.94. The summed E-state index contributed by atoms with van der Waals surface area (Å²) in [5.74, 6) is 0.991. The molecule has 0 aliphatic carbocycles. The molecule has 1 fully saturated rings. The molecule has 0 bridgehead atoms. The molecular formula is C17H28N4O3. The fourth-order valence-electron chi connectivity index (χ4n) is 2.80. The van der Waals surface area contributed by atoms with Crippen LogP contribution in [-0.4, -0.2) is 55.2 Å². The Kier molecular flexibility index (Phi) is 7.39. The molecule has 7 heteroatoms. The van der Waals surface area contributed by atoms with Gasteiger partial charge in [-0.2, -0.15) is 5.10 Å². The molecule has 0 atom stereocenters. The molecule has 134 valence electrons. The van der Waals surface area contributed by atoms with E-state index in [0.29, 0.717) is 19.8 Å². The van der Waals surface area contributed by atoms with Crippen LogP contribution in [0.4, 0.5) is 5.82 Å². The fraction of sp³-hybridized carbons (Fsp3) is 0.706. The minimum atomic E-state index is -0.369. The van der Waals surface area contributed by atoms with E-state index in [1.807, 2.05) is 32.9 Å². The first-order valence-electron chi connectivity index (χ1n) is 8.70. The highest BCUT2D eigenvalue weighted by molar-refractivity contribution is 5.79. The lowest BCUT2D eigenvalue weighted by Crippen LogP contribution is -2.43. The molecule has 2 heterocycles. The van der Waals surface area contributed by atoms with Crippen molar-refractivity contribution in [1.82, 2.24) is 15.5 Å². The number of ether oxygens (including phenoxy) is 2. The van der Waals surface area contributed by atoms with Crippen molar-refractivity contribution in [3.05, 3.63) is 17.8 Å². The summed E-state index contributed by atoms with van der Waals surface area (Å²) in [4.78, 5) is 14.5. The lowest BCUT2D eigenvalue weighted by molar-refractivity contribution is -0.142. The lowest BCUT2D eigenvalue weighted by atomic mass is 9.96. The van der Waals surface area contributed by atoms with Gasteiger partial charge in [0.1, 0.15) is 0 Å². The zero-order valence-electron chi connectivity index (χ0n) is 14.8. The zero-order valence-corrected chi connectivity index (χ0v) is 14.8. The van der Waals surface area contributed by atoms with E-state index in [0.717, 1.165) is 37.4 Å². The summed E-state index contributed by atoms with van der Waals surface area (Å²) in [6.07, 6.45) is 1.26. The van der Waals surface area contributed by atoms with E-state index in [2.05, 4.69) is 20.4 Å². The van der Waals surface area contributed by atoms with Crippen molar-refractivity contribution in [3.8, 4) is 0 Å². The smallest absolute Gasteiger partial charge is 0.223 e. The highest BCUT2D eigenvalue weighted by Crippen LogP contribution is 2.21. The molecule has 0 unspecified atom stereocenters. The van der Waals surface area contributed by atoms with Crippen molar-refractivity contribution in [2.75, 3.05) is 37.7 Å². The van der Waals surface area contributed by atoms with Gasteiger partial charge in [-0.15, -0.1) is 5.10 Å². The molecule has 0 aromatic carbocycles. The molecule has 1 aliphatic heterocycles. The minimum absolute atomic E-state index is 0.0311. The maximum Gasteiger partial charge on any atom is 0.223 e. The second kappa shape index (κ2) is 9.54. The number of aryl methyl sites for hydroxylation is 1. The van der Waals surface area contributed by atoms with E-state index in [1.165, 1.54) is 0 Å². The summed E-state index contributed by atoms with van der Waals surface area (Å²) in [5.41, 5.74) is 0.908. The van der Waals surface area contributed by atoms with Crippen molar-refractivity contribution in [2.45, 2.75) is 39.9 Å². The zero-order chi connectivity index (χ0) is 17.4. The Labute approximate surface area is 143 Å². The van der Waals surface area contributed by atoms with Gasteiger partial charge in [0, 0.05) is 32.2 Å². The Morgan fingerprint density at radius 3 is 2.46 bits per heavy atom. The number of rotatable bonds is 8. The van der Waals surface area contributed by atoms with Crippen molar-refractivity contribution in [1.29, 1.82) is 0 Å². The molecule has 1 amide bonds. The average molecular weight is 336 g/mol. The first kappa shape index (κ1) is 18.6. The van der Waals surface area contributed by atoms with Crippen LogP contribution in [0.15, 0.2) is 12.1 Å². The number of nitrogens with zero attached hydrogens (tertiary/aromatic N) is 3. The molecule has 2 rings (SSSR count). The maximum absolute atomic E-state index is 12.3. The third-order valence-electron chi connectivity index (χ3n) is 4.12. The Morgan fingerprint density at radius 1 is 1.25 bits per heavy atom. The van der Waals surface area contributed by atoms with E-state index in [4.69, 9.17) is 9.47 Å². The van der Waals surface area contributed by atoms with Crippen LogP contribution in [0.25, 0.3) is 0 Å². The molecular weight excluding hydrogens is 308 g/mol. The molecule has 7 nitrogen and oxygen atoms in total. The predicted octanol–water partition coefficient (Wildman–Crippen LogP) is 1.52. The van der Waals surface area contributed by atoms with Crippen LogP contribution in [0.5, 0.6) is 0 Å². The number of anilines is 1. The van der Waals surface area contributed by atoms with Crippen LogP contribution >= 0.6 is 0 Å². The molecule has 1 saturated heterocycles. The quantitative estimate of drug-likeness (QED) is 0.725. The first-order valence-corrected chi connectivity index (χ1v) is 8.70. The summed E-state index contributed by atoms with van der Waals surface area (Å²) in [5, 5.41) is 11.3. The highest BCUT2D eigenvalue weighted by Gasteiger charge is 2.26. The van der Waals surface area contributed by atoms with Crippen LogP contribution in [0.2, 0.25) is 0 Å². The van der Waals surface area contributed by atoms with Gasteiger partial charge in [0.05, 0.1) is 12.2 Å². The molecule has 1 N–H and O–H groups in total. The van der Waals surface area contributed by atoms with Gasteiger partial charge in [-0.3, -0.25) is 4.79 Å². The topological polar surface area (TPSA) is 76.6 Å². The first-order chi connectivity index (χ1) is 11.6. The second-order valence-corrected chi connectivity index (χ2v) is 5.88. The van der Waals surface area contributed by atoms with Crippen molar-refractivity contribution < 1.29 is 14.3 Å². The fourth-order valence-corrected chi connectivity index (χ4v) is 2.80. The number of aromatic nitrogens is 2. The largest absolute Gasteiger partial charge is 0.355 e. The second-order valence-electron chi connectivity index (χ2n) is 5.88. The molecule has 1 aliphatic rings. The lowest BCUT2D eigenvalue weighted by Gasteiger charge is -2.32. The number of amides is 1. The molecule has 0 radical (unpaired) electrons. The molecule has 24 heavy (non-hydrogen) atoms. The number of carbonyl (C=O) groups excluding carboxylic acids is 1. The SMILES string of the molecule is CCOC(CNC(=O)C1CCN(c2ccc(C)nn2)CC1)OCC. The summed E-state index contributed by atoms with van der Waals surface area (Å²) >= 11 is 0. The number of carbonyl (C=O) groups is 1. The van der Waals surface area contributed by atoms with Crippen LogP contribution in [-0.2, 0) is 14.3 Å². The summed E-state index contributed by atoms with van der Waals surface area (Å²) in [7, 11) is 0.